The van der Waals surface area contributed by atoms with Crippen molar-refractivity contribution in [3.05, 3.63) is 164 Å². The Morgan fingerprint density at radius 2 is 1.02 bits per heavy atom. The van der Waals surface area contributed by atoms with Crippen LogP contribution in [0.2, 0.25) is 0 Å². The molecule has 9 rings (SSSR count). The second-order valence-corrected chi connectivity index (χ2v) is 11.4. The molecule has 0 aliphatic carbocycles. The molecule has 0 saturated heterocycles. The van der Waals surface area contributed by atoms with Gasteiger partial charge in [0.25, 0.3) is 0 Å². The lowest BCUT2D eigenvalue weighted by atomic mass is 9.96. The summed E-state index contributed by atoms with van der Waals surface area (Å²) in [5.74, 6) is 0. The molecule has 44 heavy (non-hydrogen) atoms. The van der Waals surface area contributed by atoms with Gasteiger partial charge in [-0.1, -0.05) is 127 Å². The molecule has 0 N–H and O–H groups in total. The topological polar surface area (TPSA) is 16.4 Å². The van der Waals surface area contributed by atoms with E-state index in [4.69, 9.17) is 4.42 Å². The number of benzene rings is 8. The average Bonchev–Trinajstić information content (AvgIpc) is 3.48. The lowest BCUT2D eigenvalue weighted by Gasteiger charge is -2.26. The molecule has 2 nitrogen and oxygen atoms in total. The highest BCUT2D eigenvalue weighted by Crippen LogP contribution is 2.44. The Morgan fingerprint density at radius 1 is 0.386 bits per heavy atom. The predicted octanol–water partition coefficient (Wildman–Crippen LogP) is 12.2. The van der Waals surface area contributed by atoms with Gasteiger partial charge in [-0.3, -0.25) is 0 Å². The summed E-state index contributed by atoms with van der Waals surface area (Å²) >= 11 is 0. The van der Waals surface area contributed by atoms with Crippen LogP contribution in [0.1, 0.15) is 0 Å². The van der Waals surface area contributed by atoms with E-state index in [1.165, 1.54) is 43.4 Å². The highest BCUT2D eigenvalue weighted by molar-refractivity contribution is 6.20. The van der Waals surface area contributed by atoms with Crippen molar-refractivity contribution in [2.45, 2.75) is 0 Å². The summed E-state index contributed by atoms with van der Waals surface area (Å²) < 4.78 is 6.55. The lowest BCUT2D eigenvalue weighted by Crippen LogP contribution is -2.10. The third kappa shape index (κ3) is 3.89. The quantitative estimate of drug-likeness (QED) is 0.199. The molecule has 0 atom stereocenters. The summed E-state index contributed by atoms with van der Waals surface area (Å²) in [5, 5.41) is 9.79. The highest BCUT2D eigenvalue weighted by Gasteiger charge is 2.20. The zero-order valence-corrected chi connectivity index (χ0v) is 23.9. The lowest BCUT2D eigenvalue weighted by molar-refractivity contribution is 0.669. The van der Waals surface area contributed by atoms with Crippen LogP contribution in [0.25, 0.3) is 65.4 Å². The van der Waals surface area contributed by atoms with Gasteiger partial charge < -0.3 is 9.32 Å². The molecule has 0 aliphatic heterocycles. The van der Waals surface area contributed by atoms with Gasteiger partial charge in [-0.15, -0.1) is 0 Å². The van der Waals surface area contributed by atoms with Gasteiger partial charge in [0.1, 0.15) is 5.58 Å². The molecule has 0 amide bonds. The Labute approximate surface area is 255 Å². The van der Waals surface area contributed by atoms with Crippen LogP contribution in [-0.4, -0.2) is 0 Å². The number of furan rings is 1. The number of rotatable bonds is 4. The minimum Gasteiger partial charge on any atom is -0.454 e. The van der Waals surface area contributed by atoms with Gasteiger partial charge >= 0.3 is 0 Å². The summed E-state index contributed by atoms with van der Waals surface area (Å²) in [6.45, 7) is 0. The Kier molecular flexibility index (Phi) is 5.54. The van der Waals surface area contributed by atoms with Crippen LogP contribution < -0.4 is 4.90 Å². The van der Waals surface area contributed by atoms with Gasteiger partial charge in [-0.2, -0.15) is 0 Å². The molecule has 0 saturated carbocycles. The number of anilines is 3. The second-order valence-electron chi connectivity index (χ2n) is 11.4. The van der Waals surface area contributed by atoms with E-state index in [2.05, 4.69) is 157 Å². The maximum Gasteiger partial charge on any atom is 0.159 e. The van der Waals surface area contributed by atoms with E-state index in [0.29, 0.717) is 0 Å². The number of fused-ring (bicyclic) bond motifs is 8. The summed E-state index contributed by atoms with van der Waals surface area (Å²) in [5.41, 5.74) is 7.33. The smallest absolute Gasteiger partial charge is 0.159 e. The second kappa shape index (κ2) is 9.86. The minimum absolute atomic E-state index is 0.880. The molecule has 0 aliphatic rings. The van der Waals surface area contributed by atoms with Crippen LogP contribution in [-0.2, 0) is 0 Å². The minimum atomic E-state index is 0.880. The van der Waals surface area contributed by atoms with Crippen LogP contribution in [0, 0.1) is 0 Å². The number of hydrogen-bond donors (Lipinski definition) is 0. The Balaban J connectivity index is 1.28. The van der Waals surface area contributed by atoms with Crippen LogP contribution in [0.4, 0.5) is 17.1 Å². The van der Waals surface area contributed by atoms with Gasteiger partial charge in [0.2, 0.25) is 0 Å². The third-order valence-electron chi connectivity index (χ3n) is 8.82. The van der Waals surface area contributed by atoms with Gasteiger partial charge in [0, 0.05) is 22.1 Å². The monoisotopic (exact) mass is 561 g/mol. The van der Waals surface area contributed by atoms with E-state index >= 15 is 0 Å². The number of para-hydroxylation sites is 2. The van der Waals surface area contributed by atoms with E-state index < -0.39 is 0 Å². The van der Waals surface area contributed by atoms with Gasteiger partial charge in [0.05, 0.1) is 5.69 Å². The Hall–Kier alpha value is -5.86. The molecule has 1 aromatic heterocycles. The van der Waals surface area contributed by atoms with E-state index in [1.54, 1.807) is 0 Å². The number of nitrogens with zero attached hydrogens (tertiary/aromatic N) is 1. The van der Waals surface area contributed by atoms with Crippen LogP contribution in [0.5, 0.6) is 0 Å². The zero-order chi connectivity index (χ0) is 29.0. The van der Waals surface area contributed by atoms with Crippen molar-refractivity contribution in [3.63, 3.8) is 0 Å². The summed E-state index contributed by atoms with van der Waals surface area (Å²) in [6, 6.07) is 58.5. The molecule has 1 heterocycles. The fraction of sp³-hybridized carbons (Fsp3) is 0. The van der Waals surface area contributed by atoms with E-state index in [9.17, 15) is 0 Å². The van der Waals surface area contributed by atoms with E-state index in [-0.39, 0.29) is 0 Å². The fourth-order valence-electron chi connectivity index (χ4n) is 6.73. The largest absolute Gasteiger partial charge is 0.454 e. The van der Waals surface area contributed by atoms with Crippen molar-refractivity contribution in [2.24, 2.45) is 0 Å². The first-order valence-electron chi connectivity index (χ1n) is 15.0. The molecular weight excluding hydrogens is 534 g/mol. The molecule has 9 aromatic rings. The van der Waals surface area contributed by atoms with E-state index in [0.717, 1.165) is 39.0 Å². The third-order valence-corrected chi connectivity index (χ3v) is 8.82. The molecule has 0 fully saturated rings. The zero-order valence-electron chi connectivity index (χ0n) is 23.9. The van der Waals surface area contributed by atoms with E-state index in [1.807, 2.05) is 12.1 Å². The molecule has 0 bridgehead atoms. The van der Waals surface area contributed by atoms with Crippen molar-refractivity contribution >= 4 is 71.3 Å². The normalized spacial score (nSPS) is 11.6. The maximum absolute atomic E-state index is 6.55. The molecule has 0 unspecified atom stereocenters. The van der Waals surface area contributed by atoms with Crippen LogP contribution in [0.15, 0.2) is 168 Å². The Bertz CT molecular complexity index is 2490. The summed E-state index contributed by atoms with van der Waals surface area (Å²) in [4.78, 5) is 2.33. The molecular formula is C42H27NO. The standard InChI is InChI=1S/C42H27NO/c1-2-9-28(10-3-1)29-21-23-33(24-22-29)43(39-15-8-14-38-37-13-6-7-16-40(37)44-42(38)39)34-25-26-36-32(27-34)20-19-31-18-17-30-11-4-5-12-35(30)41(31)36/h1-27H. The predicted molar refractivity (Wildman–Crippen MR) is 186 cm³/mol. The summed E-state index contributed by atoms with van der Waals surface area (Å²) in [7, 11) is 0. The van der Waals surface area contributed by atoms with Crippen molar-refractivity contribution in [1.82, 2.24) is 0 Å². The maximum atomic E-state index is 6.55. The Morgan fingerprint density at radius 3 is 1.89 bits per heavy atom. The van der Waals surface area contributed by atoms with Gasteiger partial charge in [0.15, 0.2) is 5.58 Å². The molecule has 0 spiro atoms. The molecule has 206 valence electrons. The van der Waals surface area contributed by atoms with Crippen LogP contribution >= 0.6 is 0 Å². The van der Waals surface area contributed by atoms with Crippen molar-refractivity contribution < 1.29 is 4.42 Å². The van der Waals surface area contributed by atoms with Crippen molar-refractivity contribution in [1.29, 1.82) is 0 Å². The SMILES string of the molecule is c1ccc(-c2ccc(N(c3ccc4c(ccc5ccc6ccccc6c54)c3)c3cccc4c3oc3ccccc34)cc2)cc1. The first kappa shape index (κ1) is 24.7. The first-order valence-corrected chi connectivity index (χ1v) is 15.0. The molecule has 0 radical (unpaired) electrons. The summed E-state index contributed by atoms with van der Waals surface area (Å²) in [6.07, 6.45) is 0. The van der Waals surface area contributed by atoms with Gasteiger partial charge in [-0.05, 0) is 79.8 Å². The molecule has 8 aromatic carbocycles. The highest BCUT2D eigenvalue weighted by atomic mass is 16.3. The van der Waals surface area contributed by atoms with Crippen LogP contribution in [0.3, 0.4) is 0 Å². The average molecular weight is 562 g/mol. The molecule has 2 heteroatoms. The fourth-order valence-corrected chi connectivity index (χ4v) is 6.73. The van der Waals surface area contributed by atoms with Crippen molar-refractivity contribution in [2.75, 3.05) is 4.90 Å². The number of hydrogen-bond acceptors (Lipinski definition) is 2. The van der Waals surface area contributed by atoms with Crippen molar-refractivity contribution in [3.8, 4) is 11.1 Å². The van der Waals surface area contributed by atoms with Gasteiger partial charge in [-0.25, -0.2) is 0 Å². The first-order chi connectivity index (χ1) is 21.8.